The van der Waals surface area contributed by atoms with Crippen LogP contribution in [-0.2, 0) is 4.79 Å². The number of anilines is 2. The molecule has 2 rings (SSSR count). The van der Waals surface area contributed by atoms with E-state index in [4.69, 9.17) is 17.0 Å². The third kappa shape index (κ3) is 8.17. The van der Waals surface area contributed by atoms with Crippen molar-refractivity contribution in [2.45, 2.75) is 27.2 Å². The van der Waals surface area contributed by atoms with Crippen molar-refractivity contribution < 1.29 is 18.7 Å². The fourth-order valence-electron chi connectivity index (χ4n) is 2.37. The summed E-state index contributed by atoms with van der Waals surface area (Å²) < 4.78 is 20.1. The summed E-state index contributed by atoms with van der Waals surface area (Å²) in [6.07, 6.45) is 1.74. The van der Waals surface area contributed by atoms with Gasteiger partial charge in [0.1, 0.15) is 11.6 Å². The van der Waals surface area contributed by atoms with Crippen LogP contribution in [0.15, 0.2) is 36.5 Å². The van der Waals surface area contributed by atoms with E-state index in [9.17, 15) is 14.0 Å². The Hall–Kier alpha value is -3.27. The molecule has 0 spiro atoms. The van der Waals surface area contributed by atoms with Crippen molar-refractivity contribution >= 4 is 40.8 Å². The maximum absolute atomic E-state index is 14.5. The molecule has 8 nitrogen and oxygen atoms in total. The van der Waals surface area contributed by atoms with Gasteiger partial charge >= 0.3 is 6.03 Å². The van der Waals surface area contributed by atoms with Crippen LogP contribution in [0.1, 0.15) is 27.2 Å². The first-order chi connectivity index (χ1) is 14.4. The van der Waals surface area contributed by atoms with Crippen LogP contribution in [0.5, 0.6) is 11.5 Å². The third-order valence-corrected chi connectivity index (χ3v) is 3.94. The predicted molar refractivity (Wildman–Crippen MR) is 122 cm³/mol. The molecule has 10 heteroatoms. The lowest BCUT2D eigenvalue weighted by molar-refractivity contribution is -0.121. The van der Waals surface area contributed by atoms with E-state index in [0.29, 0.717) is 17.9 Å². The topological polar surface area (TPSA) is 95.6 Å². The van der Waals surface area contributed by atoms with Crippen molar-refractivity contribution in [2.75, 3.05) is 24.7 Å². The Balaban J connectivity index is 2.01. The van der Waals surface area contributed by atoms with Crippen LogP contribution in [0.4, 0.5) is 20.7 Å². The number of carbonyl (C=O) groups excluding carboxylic acids is 2. The largest absolute Gasteiger partial charge is 0.454 e. The predicted octanol–water partition coefficient (Wildman–Crippen LogP) is 4.36. The average Bonchev–Trinajstić information content (AvgIpc) is 2.62. The normalized spacial score (nSPS) is 10.8. The molecule has 0 saturated heterocycles. The van der Waals surface area contributed by atoms with Gasteiger partial charge in [0.15, 0.2) is 16.7 Å². The minimum absolute atomic E-state index is 0.0238. The second kappa shape index (κ2) is 10.2. The number of pyridine rings is 1. The number of urea groups is 1. The van der Waals surface area contributed by atoms with Crippen LogP contribution >= 0.6 is 12.2 Å². The smallest absolute Gasteiger partial charge is 0.322 e. The first-order valence-electron chi connectivity index (χ1n) is 9.45. The summed E-state index contributed by atoms with van der Waals surface area (Å²) in [5, 5.41) is 8.01. The van der Waals surface area contributed by atoms with Gasteiger partial charge in [-0.05, 0) is 35.8 Å². The Morgan fingerprint density at radius 3 is 2.48 bits per heavy atom. The maximum atomic E-state index is 14.5. The van der Waals surface area contributed by atoms with E-state index in [1.54, 1.807) is 20.2 Å². The summed E-state index contributed by atoms with van der Waals surface area (Å²) in [7, 11) is 3.20. The summed E-state index contributed by atoms with van der Waals surface area (Å²) >= 11 is 5.11. The Bertz CT molecular complexity index is 976. The average molecular weight is 448 g/mol. The minimum Gasteiger partial charge on any atom is -0.454 e. The van der Waals surface area contributed by atoms with Gasteiger partial charge in [-0.3, -0.25) is 10.1 Å². The number of hydrogen-bond donors (Lipinski definition) is 3. The fourth-order valence-corrected chi connectivity index (χ4v) is 2.60. The highest BCUT2D eigenvalue weighted by Gasteiger charge is 2.17. The molecule has 0 aliphatic carbocycles. The monoisotopic (exact) mass is 447 g/mol. The highest BCUT2D eigenvalue weighted by Crippen LogP contribution is 2.27. The fraction of sp³-hybridized carbons (Fsp3) is 0.333. The van der Waals surface area contributed by atoms with Crippen LogP contribution < -0.4 is 20.7 Å². The maximum Gasteiger partial charge on any atom is 0.322 e. The zero-order valence-corrected chi connectivity index (χ0v) is 18.9. The molecule has 0 fully saturated rings. The van der Waals surface area contributed by atoms with Gasteiger partial charge < -0.3 is 20.3 Å². The minimum atomic E-state index is -0.635. The Kier molecular flexibility index (Phi) is 7.87. The van der Waals surface area contributed by atoms with Crippen molar-refractivity contribution in [3.8, 4) is 11.5 Å². The van der Waals surface area contributed by atoms with Crippen LogP contribution in [0.3, 0.4) is 0 Å². The first kappa shape index (κ1) is 24.0. The first-order valence-corrected chi connectivity index (χ1v) is 9.86. The van der Waals surface area contributed by atoms with E-state index in [1.165, 1.54) is 35.4 Å². The van der Waals surface area contributed by atoms with Crippen molar-refractivity contribution in [3.05, 3.63) is 42.3 Å². The summed E-state index contributed by atoms with van der Waals surface area (Å²) in [5.41, 5.74) is 0.187. The quantitative estimate of drug-likeness (QED) is 0.590. The molecule has 0 aliphatic rings. The number of carbonyl (C=O) groups is 2. The SMILES string of the molecule is CN(C)C(=O)Nc1cc(Oc2ccc(NC(=S)NC(=O)CC(C)(C)C)cc2F)ccn1. The lowest BCUT2D eigenvalue weighted by Crippen LogP contribution is -2.36. The second-order valence-corrected chi connectivity index (χ2v) is 8.60. The zero-order valence-electron chi connectivity index (χ0n) is 18.1. The van der Waals surface area contributed by atoms with Gasteiger partial charge in [-0.2, -0.15) is 0 Å². The molecule has 0 atom stereocenters. The number of rotatable bonds is 5. The number of nitrogens with zero attached hydrogens (tertiary/aromatic N) is 2. The van der Waals surface area contributed by atoms with E-state index in [2.05, 4.69) is 20.9 Å². The number of thiocarbonyl (C=S) groups is 1. The summed E-state index contributed by atoms with van der Waals surface area (Å²) in [4.78, 5) is 29.1. The number of ether oxygens (including phenoxy) is 1. The molecule has 1 heterocycles. The third-order valence-electron chi connectivity index (χ3n) is 3.73. The molecule has 1 aromatic carbocycles. The van der Waals surface area contributed by atoms with Crippen LogP contribution in [-0.4, -0.2) is 41.0 Å². The van der Waals surface area contributed by atoms with E-state index in [1.807, 2.05) is 20.8 Å². The van der Waals surface area contributed by atoms with E-state index >= 15 is 0 Å². The second-order valence-electron chi connectivity index (χ2n) is 8.19. The highest BCUT2D eigenvalue weighted by atomic mass is 32.1. The number of nitrogens with one attached hydrogen (secondary N) is 3. The molecule has 0 bridgehead atoms. The van der Waals surface area contributed by atoms with Gasteiger partial charge in [-0.25, -0.2) is 14.2 Å². The van der Waals surface area contributed by atoms with E-state index in [-0.39, 0.29) is 34.0 Å². The van der Waals surface area contributed by atoms with Crippen molar-refractivity contribution in [3.63, 3.8) is 0 Å². The molecule has 166 valence electrons. The number of halogens is 1. The van der Waals surface area contributed by atoms with Gasteiger partial charge in [0.2, 0.25) is 5.91 Å². The Morgan fingerprint density at radius 2 is 1.87 bits per heavy atom. The number of hydrogen-bond acceptors (Lipinski definition) is 5. The molecule has 0 radical (unpaired) electrons. The van der Waals surface area contributed by atoms with Gasteiger partial charge in [0.25, 0.3) is 0 Å². The van der Waals surface area contributed by atoms with E-state index < -0.39 is 5.82 Å². The van der Waals surface area contributed by atoms with Crippen molar-refractivity contribution in [1.29, 1.82) is 0 Å². The molecule has 3 amide bonds. The van der Waals surface area contributed by atoms with Crippen LogP contribution in [0, 0.1) is 11.2 Å². The number of benzene rings is 1. The molecule has 1 aromatic heterocycles. The van der Waals surface area contributed by atoms with Gasteiger partial charge in [-0.1, -0.05) is 20.8 Å². The Morgan fingerprint density at radius 1 is 1.16 bits per heavy atom. The van der Waals surface area contributed by atoms with E-state index in [0.717, 1.165) is 0 Å². The summed E-state index contributed by atoms with van der Waals surface area (Å²) in [5.74, 6) is -0.311. The van der Waals surface area contributed by atoms with Crippen molar-refractivity contribution in [1.82, 2.24) is 15.2 Å². The molecule has 0 unspecified atom stereocenters. The Labute approximate surface area is 186 Å². The lowest BCUT2D eigenvalue weighted by atomic mass is 9.92. The van der Waals surface area contributed by atoms with Crippen LogP contribution in [0.25, 0.3) is 0 Å². The lowest BCUT2D eigenvalue weighted by Gasteiger charge is -2.18. The highest BCUT2D eigenvalue weighted by molar-refractivity contribution is 7.80. The molecule has 0 saturated carbocycles. The molecular weight excluding hydrogens is 421 g/mol. The van der Waals surface area contributed by atoms with Crippen LogP contribution in [0.2, 0.25) is 0 Å². The number of amides is 3. The van der Waals surface area contributed by atoms with Crippen molar-refractivity contribution in [2.24, 2.45) is 5.41 Å². The molecule has 3 N–H and O–H groups in total. The zero-order chi connectivity index (χ0) is 23.2. The van der Waals surface area contributed by atoms with Gasteiger partial charge in [0.05, 0.1) is 0 Å². The standard InChI is InChI=1S/C21H26FN5O3S/c1-21(2,3)12-18(28)26-19(31)24-13-6-7-16(15(22)10-13)30-14-8-9-23-17(11-14)25-20(29)27(4)5/h6-11H,12H2,1-5H3,(H,23,25,29)(H2,24,26,28,31). The van der Waals surface area contributed by atoms with Gasteiger partial charge in [0, 0.05) is 44.5 Å². The molecule has 31 heavy (non-hydrogen) atoms. The molecular formula is C21H26FN5O3S. The summed E-state index contributed by atoms with van der Waals surface area (Å²) in [6.45, 7) is 5.83. The molecule has 2 aromatic rings. The number of aromatic nitrogens is 1. The van der Waals surface area contributed by atoms with Gasteiger partial charge in [-0.15, -0.1) is 0 Å². The molecule has 0 aliphatic heterocycles. The summed E-state index contributed by atoms with van der Waals surface area (Å²) in [6, 6.07) is 6.86.